The molecule has 0 unspecified atom stereocenters. The maximum absolute atomic E-state index is 12.7. The number of carbonyl (C=O) groups is 1. The summed E-state index contributed by atoms with van der Waals surface area (Å²) in [6.45, 7) is 1.76. The van der Waals surface area contributed by atoms with Gasteiger partial charge in [0.25, 0.3) is 0 Å². The number of thiazole rings is 1. The fraction of sp³-hybridized carbons (Fsp3) is 0.250. The van der Waals surface area contributed by atoms with Crippen LogP contribution in [0.3, 0.4) is 0 Å². The first-order valence-corrected chi connectivity index (χ1v) is 8.38. The lowest BCUT2D eigenvalue weighted by Crippen LogP contribution is -2.07. The number of carbonyl (C=O) groups excluding carboxylic acids is 1. The first-order valence-electron chi connectivity index (χ1n) is 7.56. The maximum Gasteiger partial charge on any atom is 0.416 e. The minimum absolute atomic E-state index is 0.00683. The Bertz CT molecular complexity index is 993. The van der Waals surface area contributed by atoms with Gasteiger partial charge in [-0.3, -0.25) is 4.79 Å². The summed E-state index contributed by atoms with van der Waals surface area (Å²) in [5.41, 5.74) is 0.428. The van der Waals surface area contributed by atoms with Crippen LogP contribution in [0, 0.1) is 6.92 Å². The normalized spacial score (nSPS) is 12.0. The molecule has 3 rings (SSSR count). The number of rotatable bonds is 5. The molecule has 0 saturated carbocycles. The van der Waals surface area contributed by atoms with Crippen molar-refractivity contribution >= 4 is 28.7 Å². The number of benzene rings is 1. The molecule has 0 aliphatic carbocycles. The Kier molecular flexibility index (Phi) is 5.13. The standard InChI is InChI=1S/C16H13F3N4O3S/c1-9-12(7-13(24)26-8-20-25-2)27-15-21-14(22-23(9)15)10-3-5-11(6-4-10)16(17,18)19/h3-6,8H,7H2,1-2H3. The Labute approximate surface area is 155 Å². The van der Waals surface area contributed by atoms with Crippen molar-refractivity contribution in [2.75, 3.05) is 7.11 Å². The van der Waals surface area contributed by atoms with Gasteiger partial charge < -0.3 is 9.57 Å². The molecule has 0 amide bonds. The first kappa shape index (κ1) is 18.8. The van der Waals surface area contributed by atoms with Crippen molar-refractivity contribution in [3.05, 3.63) is 40.4 Å². The van der Waals surface area contributed by atoms with Crippen LogP contribution < -0.4 is 0 Å². The van der Waals surface area contributed by atoms with E-state index < -0.39 is 17.7 Å². The van der Waals surface area contributed by atoms with Crippen LogP contribution in [-0.4, -0.2) is 34.1 Å². The van der Waals surface area contributed by atoms with Gasteiger partial charge >= 0.3 is 12.1 Å². The molecule has 0 atom stereocenters. The number of fused-ring (bicyclic) bond motifs is 1. The van der Waals surface area contributed by atoms with E-state index in [1.54, 1.807) is 11.4 Å². The molecule has 11 heteroatoms. The Balaban J connectivity index is 1.81. The van der Waals surface area contributed by atoms with Crippen LogP contribution in [0.4, 0.5) is 13.2 Å². The predicted octanol–water partition coefficient (Wildman–Crippen LogP) is 3.46. The Hall–Kier alpha value is -2.95. The minimum Gasteiger partial charge on any atom is -0.411 e. The molecule has 0 spiro atoms. The lowest BCUT2D eigenvalue weighted by atomic mass is 10.1. The van der Waals surface area contributed by atoms with Gasteiger partial charge in [0.15, 0.2) is 5.82 Å². The highest BCUT2D eigenvalue weighted by molar-refractivity contribution is 7.17. The lowest BCUT2D eigenvalue weighted by molar-refractivity contribution is -0.137. The number of esters is 1. The summed E-state index contributed by atoms with van der Waals surface area (Å²) in [5.74, 6) is -0.217. The van der Waals surface area contributed by atoms with Crippen LogP contribution in [0.5, 0.6) is 0 Å². The van der Waals surface area contributed by atoms with Crippen molar-refractivity contribution in [1.29, 1.82) is 0 Å². The fourth-order valence-corrected chi connectivity index (χ4v) is 3.32. The maximum atomic E-state index is 12.7. The second-order valence-corrected chi connectivity index (χ2v) is 6.44. The van der Waals surface area contributed by atoms with Gasteiger partial charge in [-0.1, -0.05) is 28.6 Å². The average molecular weight is 398 g/mol. The number of ether oxygens (including phenoxy) is 1. The molecule has 7 nitrogen and oxygen atoms in total. The number of hydrogen-bond acceptors (Lipinski definition) is 7. The van der Waals surface area contributed by atoms with E-state index in [-0.39, 0.29) is 6.42 Å². The average Bonchev–Trinajstić information content (AvgIpc) is 3.15. The van der Waals surface area contributed by atoms with Crippen LogP contribution in [-0.2, 0) is 27.0 Å². The SMILES string of the molecule is CON=COC(=O)Cc1sc2nc(-c3ccc(C(F)(F)F)cc3)nn2c1C. The third-order valence-electron chi connectivity index (χ3n) is 3.62. The van der Waals surface area contributed by atoms with Crippen LogP contribution in [0.15, 0.2) is 29.4 Å². The molecule has 0 N–H and O–H groups in total. The minimum atomic E-state index is -4.39. The third-order valence-corrected chi connectivity index (χ3v) is 4.75. The molecule has 142 valence electrons. The summed E-state index contributed by atoms with van der Waals surface area (Å²) in [7, 11) is 1.32. The van der Waals surface area contributed by atoms with Crippen molar-refractivity contribution in [2.24, 2.45) is 5.16 Å². The molecule has 27 heavy (non-hydrogen) atoms. The summed E-state index contributed by atoms with van der Waals surface area (Å²) < 4.78 is 44.3. The van der Waals surface area contributed by atoms with Crippen molar-refractivity contribution in [3.63, 3.8) is 0 Å². The van der Waals surface area contributed by atoms with Gasteiger partial charge in [0.2, 0.25) is 11.4 Å². The van der Waals surface area contributed by atoms with E-state index in [9.17, 15) is 18.0 Å². The summed E-state index contributed by atoms with van der Waals surface area (Å²) in [6.07, 6.45) is -3.49. The van der Waals surface area contributed by atoms with Crippen molar-refractivity contribution in [3.8, 4) is 11.4 Å². The van der Waals surface area contributed by atoms with E-state index in [1.807, 2.05) is 0 Å². The van der Waals surface area contributed by atoms with E-state index in [0.29, 0.717) is 26.9 Å². The molecule has 0 aliphatic rings. The van der Waals surface area contributed by atoms with Crippen molar-refractivity contribution in [1.82, 2.24) is 14.6 Å². The molecule has 0 saturated heterocycles. The predicted molar refractivity (Wildman–Crippen MR) is 91.3 cm³/mol. The Morgan fingerprint density at radius 3 is 2.63 bits per heavy atom. The summed E-state index contributed by atoms with van der Waals surface area (Å²) in [6, 6.07) is 4.62. The largest absolute Gasteiger partial charge is 0.416 e. The van der Waals surface area contributed by atoms with Gasteiger partial charge in [0.1, 0.15) is 7.11 Å². The molecule has 0 fully saturated rings. The van der Waals surface area contributed by atoms with E-state index in [2.05, 4.69) is 20.1 Å². The van der Waals surface area contributed by atoms with Crippen LogP contribution >= 0.6 is 11.3 Å². The Morgan fingerprint density at radius 2 is 2.04 bits per heavy atom. The van der Waals surface area contributed by atoms with E-state index in [1.165, 1.54) is 30.6 Å². The van der Waals surface area contributed by atoms with Gasteiger partial charge in [0.05, 0.1) is 17.7 Å². The molecule has 2 aromatic heterocycles. The first-order chi connectivity index (χ1) is 12.8. The van der Waals surface area contributed by atoms with Crippen molar-refractivity contribution < 1.29 is 27.5 Å². The topological polar surface area (TPSA) is 78.1 Å². The highest BCUT2D eigenvalue weighted by Gasteiger charge is 2.30. The smallest absolute Gasteiger partial charge is 0.411 e. The quantitative estimate of drug-likeness (QED) is 0.285. The number of halogens is 3. The number of oxime groups is 1. The lowest BCUT2D eigenvalue weighted by Gasteiger charge is -2.06. The van der Waals surface area contributed by atoms with Gasteiger partial charge in [-0.2, -0.15) is 18.2 Å². The van der Waals surface area contributed by atoms with E-state index in [0.717, 1.165) is 18.5 Å². The zero-order chi connectivity index (χ0) is 19.6. The fourth-order valence-electron chi connectivity index (χ4n) is 2.28. The van der Waals surface area contributed by atoms with E-state index in [4.69, 9.17) is 4.74 Å². The second kappa shape index (κ2) is 7.35. The number of nitrogens with zero attached hydrogens (tertiary/aromatic N) is 4. The molecule has 0 radical (unpaired) electrons. The van der Waals surface area contributed by atoms with E-state index >= 15 is 0 Å². The number of alkyl halides is 3. The Morgan fingerprint density at radius 1 is 1.33 bits per heavy atom. The van der Waals surface area contributed by atoms with Gasteiger partial charge in [-0.25, -0.2) is 4.52 Å². The highest BCUT2D eigenvalue weighted by Crippen LogP contribution is 2.31. The molecule has 1 aromatic carbocycles. The molecule has 3 aromatic rings. The zero-order valence-corrected chi connectivity index (χ0v) is 15.0. The summed E-state index contributed by atoms with van der Waals surface area (Å²) in [4.78, 5) is 21.7. The number of aromatic nitrogens is 3. The number of hydrogen-bond donors (Lipinski definition) is 0. The summed E-state index contributed by atoms with van der Waals surface area (Å²) >= 11 is 1.25. The van der Waals surface area contributed by atoms with Gasteiger partial charge in [0, 0.05) is 10.4 Å². The van der Waals surface area contributed by atoms with Crippen LogP contribution in [0.2, 0.25) is 0 Å². The van der Waals surface area contributed by atoms with Gasteiger partial charge in [-0.15, -0.1) is 5.10 Å². The van der Waals surface area contributed by atoms with Crippen molar-refractivity contribution in [2.45, 2.75) is 19.5 Å². The number of aryl methyl sites for hydroxylation is 1. The highest BCUT2D eigenvalue weighted by atomic mass is 32.1. The molecule has 2 heterocycles. The molecular weight excluding hydrogens is 385 g/mol. The second-order valence-electron chi connectivity index (χ2n) is 5.38. The third kappa shape index (κ3) is 4.08. The molecular formula is C16H13F3N4O3S. The van der Waals surface area contributed by atoms with Crippen LogP contribution in [0.25, 0.3) is 16.3 Å². The zero-order valence-electron chi connectivity index (χ0n) is 14.1. The molecule has 0 aliphatic heterocycles. The summed E-state index contributed by atoms with van der Waals surface area (Å²) in [5, 5.41) is 7.62. The van der Waals surface area contributed by atoms with Gasteiger partial charge in [-0.05, 0) is 19.1 Å². The van der Waals surface area contributed by atoms with Crippen LogP contribution in [0.1, 0.15) is 16.1 Å². The monoisotopic (exact) mass is 398 g/mol. The molecule has 0 bridgehead atoms.